The molecular weight excluding hydrogens is 283 g/mol. The van der Waals surface area contributed by atoms with Crippen LogP contribution in [0.3, 0.4) is 0 Å². The number of thioether (sulfide) groups is 1. The minimum Gasteiger partial charge on any atom is -0.427 e. The average Bonchev–Trinajstić information content (AvgIpc) is 2.55. The Morgan fingerprint density at radius 2 is 1.90 bits per heavy atom. The Balaban J connectivity index is 1.89. The number of benzene rings is 2. The minimum absolute atomic E-state index is 0.319. The van der Waals surface area contributed by atoms with Gasteiger partial charge in [0.1, 0.15) is 0 Å². The zero-order valence-electron chi connectivity index (χ0n) is 11.4. The Morgan fingerprint density at radius 1 is 1.19 bits per heavy atom. The zero-order valence-corrected chi connectivity index (χ0v) is 12.2. The molecule has 104 valence electrons. The number of amides is 1. The van der Waals surface area contributed by atoms with Crippen molar-refractivity contribution in [3.05, 3.63) is 59.7 Å². The van der Waals surface area contributed by atoms with Gasteiger partial charge in [-0.15, -0.1) is 11.8 Å². The molecule has 0 bridgehead atoms. The van der Waals surface area contributed by atoms with E-state index in [0.717, 1.165) is 15.4 Å². The van der Waals surface area contributed by atoms with E-state index in [4.69, 9.17) is 0 Å². The van der Waals surface area contributed by atoms with Gasteiger partial charge in [0.05, 0.1) is 6.21 Å². The van der Waals surface area contributed by atoms with Crippen molar-refractivity contribution in [3.8, 4) is 0 Å². The highest BCUT2D eigenvalue weighted by Crippen LogP contribution is 2.17. The Hall–Kier alpha value is -2.05. The molecule has 0 atom stereocenters. The second kappa shape index (κ2) is 5.75. The summed E-state index contributed by atoms with van der Waals surface area (Å²) in [4.78, 5) is 14.7. The molecule has 2 aromatic rings. The van der Waals surface area contributed by atoms with Gasteiger partial charge in [-0.1, -0.05) is 24.3 Å². The Kier molecular flexibility index (Phi) is 3.81. The van der Waals surface area contributed by atoms with E-state index in [9.17, 15) is 9.82 Å². The number of hydrogen-bond donors (Lipinski definition) is 1. The molecule has 0 spiro atoms. The van der Waals surface area contributed by atoms with Gasteiger partial charge >= 0.3 is 7.05 Å². The summed E-state index contributed by atoms with van der Waals surface area (Å²) in [5.41, 5.74) is 2.01. The fourth-order valence-corrected chi connectivity index (χ4v) is 2.62. The van der Waals surface area contributed by atoms with E-state index >= 15 is 0 Å². The van der Waals surface area contributed by atoms with Gasteiger partial charge in [-0.2, -0.15) is 5.10 Å². The van der Waals surface area contributed by atoms with Crippen LogP contribution in [0.2, 0.25) is 0 Å². The SMILES string of the molecule is CSc1ccc(C(=O)N2N=Cc3ccccc3B2O)cc1. The fraction of sp³-hybridized carbons (Fsp3) is 0.0667. The van der Waals surface area contributed by atoms with Crippen LogP contribution in [0.4, 0.5) is 0 Å². The summed E-state index contributed by atoms with van der Waals surface area (Å²) in [7, 11) is -1.06. The summed E-state index contributed by atoms with van der Waals surface area (Å²) in [5.74, 6) is -0.319. The Bertz CT molecular complexity index is 703. The first-order chi connectivity index (χ1) is 10.2. The maximum Gasteiger partial charge on any atom is 0.474 e. The highest BCUT2D eigenvalue weighted by molar-refractivity contribution is 7.98. The minimum atomic E-state index is -1.06. The Labute approximate surface area is 127 Å². The molecule has 0 aliphatic carbocycles. The van der Waals surface area contributed by atoms with Crippen molar-refractivity contribution >= 4 is 36.4 Å². The lowest BCUT2D eigenvalue weighted by Gasteiger charge is -2.24. The van der Waals surface area contributed by atoms with Gasteiger partial charge in [-0.25, -0.2) is 4.92 Å². The molecule has 1 N–H and O–H groups in total. The van der Waals surface area contributed by atoms with E-state index in [1.807, 2.05) is 36.6 Å². The average molecular weight is 296 g/mol. The van der Waals surface area contributed by atoms with Gasteiger partial charge in [0.25, 0.3) is 5.91 Å². The standard InChI is InChI=1S/C15H13BN2O2S/c1-21-13-8-6-11(7-9-13)15(19)18-16(20)14-5-3-2-4-12(14)10-17-18/h2-10,20H,1H3. The number of rotatable bonds is 2. The molecular formula is C15H13BN2O2S. The van der Waals surface area contributed by atoms with Crippen molar-refractivity contribution in [2.24, 2.45) is 5.10 Å². The van der Waals surface area contributed by atoms with Crippen LogP contribution in [0.1, 0.15) is 15.9 Å². The van der Waals surface area contributed by atoms with Crippen LogP contribution in [0.25, 0.3) is 0 Å². The van der Waals surface area contributed by atoms with Crippen molar-refractivity contribution < 1.29 is 9.82 Å². The molecule has 2 aromatic carbocycles. The first-order valence-electron chi connectivity index (χ1n) is 6.49. The molecule has 0 aromatic heterocycles. The summed E-state index contributed by atoms with van der Waals surface area (Å²) >= 11 is 1.61. The molecule has 0 radical (unpaired) electrons. The lowest BCUT2D eigenvalue weighted by molar-refractivity contribution is 0.0846. The number of fused-ring (bicyclic) bond motifs is 1. The number of carbonyl (C=O) groups excluding carboxylic acids is 1. The quantitative estimate of drug-likeness (QED) is 0.676. The monoisotopic (exact) mass is 296 g/mol. The van der Waals surface area contributed by atoms with Crippen LogP contribution in [0, 0.1) is 0 Å². The first kappa shape index (κ1) is 13.9. The zero-order chi connectivity index (χ0) is 14.8. The number of carbonyl (C=O) groups is 1. The molecule has 1 amide bonds. The van der Waals surface area contributed by atoms with Crippen molar-refractivity contribution in [2.75, 3.05) is 6.26 Å². The summed E-state index contributed by atoms with van der Waals surface area (Å²) in [6.45, 7) is 0. The summed E-state index contributed by atoms with van der Waals surface area (Å²) in [6.07, 6.45) is 3.57. The third kappa shape index (κ3) is 2.60. The predicted octanol–water partition coefficient (Wildman–Crippen LogP) is 1.59. The van der Waals surface area contributed by atoms with Gasteiger partial charge < -0.3 is 5.02 Å². The largest absolute Gasteiger partial charge is 0.474 e. The fourth-order valence-electron chi connectivity index (χ4n) is 2.21. The lowest BCUT2D eigenvalue weighted by atomic mass is 9.69. The van der Waals surface area contributed by atoms with Crippen molar-refractivity contribution in [3.63, 3.8) is 0 Å². The first-order valence-corrected chi connectivity index (χ1v) is 7.72. The molecule has 21 heavy (non-hydrogen) atoms. The molecule has 0 fully saturated rings. The van der Waals surface area contributed by atoms with Crippen LogP contribution >= 0.6 is 11.8 Å². The van der Waals surface area contributed by atoms with Crippen molar-refractivity contribution in [2.45, 2.75) is 4.90 Å². The number of nitrogens with zero attached hydrogens (tertiary/aromatic N) is 2. The maximum atomic E-state index is 12.5. The molecule has 0 unspecified atom stereocenters. The molecule has 1 heterocycles. The van der Waals surface area contributed by atoms with E-state index in [-0.39, 0.29) is 5.91 Å². The molecule has 0 saturated carbocycles. The van der Waals surface area contributed by atoms with Gasteiger partial charge in [-0.3, -0.25) is 4.79 Å². The summed E-state index contributed by atoms with van der Waals surface area (Å²) in [5, 5.41) is 14.4. The Morgan fingerprint density at radius 3 is 2.62 bits per heavy atom. The van der Waals surface area contributed by atoms with E-state index in [0.29, 0.717) is 11.0 Å². The van der Waals surface area contributed by atoms with Crippen molar-refractivity contribution in [1.82, 2.24) is 4.92 Å². The predicted molar refractivity (Wildman–Crippen MR) is 86.0 cm³/mol. The normalized spacial score (nSPS) is 13.2. The number of hydrogen-bond acceptors (Lipinski definition) is 4. The van der Waals surface area contributed by atoms with Gasteiger partial charge in [0, 0.05) is 10.5 Å². The second-order valence-corrected chi connectivity index (χ2v) is 5.51. The molecule has 3 rings (SSSR count). The molecule has 1 aliphatic heterocycles. The summed E-state index contributed by atoms with van der Waals surface area (Å²) in [6, 6.07) is 14.6. The lowest BCUT2D eigenvalue weighted by Crippen LogP contribution is -2.52. The molecule has 1 aliphatic rings. The van der Waals surface area contributed by atoms with Crippen LogP contribution in [0.15, 0.2) is 58.5 Å². The third-order valence-corrected chi connectivity index (χ3v) is 4.12. The smallest absolute Gasteiger partial charge is 0.427 e. The van der Waals surface area contributed by atoms with E-state index in [1.54, 1.807) is 36.2 Å². The highest BCUT2D eigenvalue weighted by atomic mass is 32.2. The van der Waals surface area contributed by atoms with Crippen LogP contribution in [-0.4, -0.2) is 35.4 Å². The highest BCUT2D eigenvalue weighted by Gasteiger charge is 2.33. The van der Waals surface area contributed by atoms with E-state index < -0.39 is 7.05 Å². The number of hydrazone groups is 1. The third-order valence-electron chi connectivity index (χ3n) is 3.37. The van der Waals surface area contributed by atoms with Crippen molar-refractivity contribution in [1.29, 1.82) is 0 Å². The molecule has 6 heteroatoms. The molecule has 0 saturated heterocycles. The maximum absolute atomic E-state index is 12.5. The van der Waals surface area contributed by atoms with Crippen LogP contribution < -0.4 is 5.46 Å². The van der Waals surface area contributed by atoms with Crippen LogP contribution in [0.5, 0.6) is 0 Å². The van der Waals surface area contributed by atoms with Gasteiger partial charge in [0.2, 0.25) is 0 Å². The van der Waals surface area contributed by atoms with Gasteiger partial charge in [-0.05, 0) is 41.5 Å². The van der Waals surface area contributed by atoms with Crippen LogP contribution in [-0.2, 0) is 0 Å². The second-order valence-electron chi connectivity index (χ2n) is 4.63. The van der Waals surface area contributed by atoms with Gasteiger partial charge in [0.15, 0.2) is 0 Å². The molecule has 4 nitrogen and oxygen atoms in total. The topological polar surface area (TPSA) is 52.9 Å². The van der Waals surface area contributed by atoms with E-state index in [1.165, 1.54) is 0 Å². The summed E-state index contributed by atoms with van der Waals surface area (Å²) < 4.78 is 0. The van der Waals surface area contributed by atoms with E-state index in [2.05, 4.69) is 5.10 Å².